The summed E-state index contributed by atoms with van der Waals surface area (Å²) in [6.07, 6.45) is 9.17. The Morgan fingerprint density at radius 1 is 1.26 bits per heavy atom. The van der Waals surface area contributed by atoms with Gasteiger partial charge >= 0.3 is 0 Å². The Labute approximate surface area is 214 Å². The third kappa shape index (κ3) is 6.41. The van der Waals surface area contributed by atoms with Gasteiger partial charge in [0.25, 0.3) is 0 Å². The molecule has 2 heterocycles. The Kier molecular flexibility index (Phi) is 9.17. The second-order valence-electron chi connectivity index (χ2n) is 10.6. The highest BCUT2D eigenvalue weighted by atomic mass is 32.2. The van der Waals surface area contributed by atoms with Crippen LogP contribution in [0, 0.1) is 5.41 Å². The number of hydrogen-bond donors (Lipinski definition) is 1. The van der Waals surface area contributed by atoms with Gasteiger partial charge in [0.05, 0.1) is 24.5 Å². The van der Waals surface area contributed by atoms with Gasteiger partial charge in [-0.1, -0.05) is 12.8 Å². The zero-order valence-electron chi connectivity index (χ0n) is 21.6. The van der Waals surface area contributed by atoms with Gasteiger partial charge in [-0.2, -0.15) is 11.8 Å². The minimum Gasteiger partial charge on any atom is -0.497 e. The maximum atomic E-state index is 16.0. The molecule has 1 saturated heterocycles. The van der Waals surface area contributed by atoms with Gasteiger partial charge in [-0.3, -0.25) is 4.98 Å². The summed E-state index contributed by atoms with van der Waals surface area (Å²) in [4.78, 5) is 9.01. The molecule has 35 heavy (non-hydrogen) atoms. The second-order valence-corrected chi connectivity index (χ2v) is 12.0. The number of piperidine rings is 1. The molecule has 1 aromatic heterocycles. The number of halogens is 1. The standard InChI is InChI=1S/C28H42FN3O2S/c1-31(2)26-19-30-25-9-8-21(34-3)18-23(25)27(26)24(29)10-11-28(20-33)12-14-32(15-13-28)16-17-35-22-6-4-5-7-22/h8-9,18-19,22,24,33H,4-7,10-17,20H2,1-3H3/t24-/m0/s1. The summed E-state index contributed by atoms with van der Waals surface area (Å²) in [5.41, 5.74) is 2.06. The molecule has 1 N–H and O–H groups in total. The Bertz CT molecular complexity index is 959. The molecule has 0 spiro atoms. The Morgan fingerprint density at radius 2 is 2.00 bits per heavy atom. The van der Waals surface area contributed by atoms with Gasteiger partial charge in [0.15, 0.2) is 0 Å². The molecular formula is C28H42FN3O2S. The van der Waals surface area contributed by atoms with E-state index in [1.54, 1.807) is 13.3 Å². The lowest BCUT2D eigenvalue weighted by Gasteiger charge is -2.41. The fraction of sp³-hybridized carbons (Fsp3) is 0.679. The maximum Gasteiger partial charge on any atom is 0.128 e. The first kappa shape index (κ1) is 26.5. The predicted octanol–water partition coefficient (Wildman–Crippen LogP) is 5.85. The first-order valence-electron chi connectivity index (χ1n) is 13.2. The molecule has 2 fully saturated rings. The minimum atomic E-state index is -1.13. The molecule has 0 bridgehead atoms. The molecular weight excluding hydrogens is 461 g/mol. The van der Waals surface area contributed by atoms with Crippen molar-refractivity contribution in [2.75, 3.05) is 58.1 Å². The molecule has 4 rings (SSSR count). The van der Waals surface area contributed by atoms with Crippen LogP contribution in [0.25, 0.3) is 10.9 Å². The van der Waals surface area contributed by atoms with E-state index in [0.717, 1.165) is 54.3 Å². The van der Waals surface area contributed by atoms with Crippen molar-refractivity contribution in [3.8, 4) is 5.75 Å². The van der Waals surface area contributed by atoms with Crippen molar-refractivity contribution in [2.45, 2.75) is 62.8 Å². The average molecular weight is 504 g/mol. The molecule has 2 aromatic rings. The van der Waals surface area contributed by atoms with Crippen LogP contribution in [-0.2, 0) is 0 Å². The van der Waals surface area contributed by atoms with Crippen LogP contribution in [-0.4, -0.2) is 73.4 Å². The highest BCUT2D eigenvalue weighted by molar-refractivity contribution is 7.99. The Morgan fingerprint density at radius 3 is 2.66 bits per heavy atom. The number of aliphatic hydroxyl groups excluding tert-OH is 1. The number of methoxy groups -OCH3 is 1. The van der Waals surface area contributed by atoms with Gasteiger partial charge in [0.1, 0.15) is 11.9 Å². The first-order chi connectivity index (χ1) is 16.9. The molecule has 1 aliphatic heterocycles. The number of ether oxygens (including phenoxy) is 1. The van der Waals surface area contributed by atoms with Crippen LogP contribution in [0.2, 0.25) is 0 Å². The predicted molar refractivity (Wildman–Crippen MR) is 146 cm³/mol. The van der Waals surface area contributed by atoms with Gasteiger partial charge in [-0.25, -0.2) is 4.39 Å². The van der Waals surface area contributed by atoms with Crippen molar-refractivity contribution in [1.82, 2.24) is 9.88 Å². The van der Waals surface area contributed by atoms with Gasteiger partial charge in [-0.05, 0) is 75.2 Å². The number of thioether (sulfide) groups is 1. The molecule has 1 saturated carbocycles. The summed E-state index contributed by atoms with van der Waals surface area (Å²) < 4.78 is 21.4. The lowest BCUT2D eigenvalue weighted by Crippen LogP contribution is -2.43. The van der Waals surface area contributed by atoms with Crippen LogP contribution >= 0.6 is 11.8 Å². The van der Waals surface area contributed by atoms with Crippen molar-refractivity contribution in [3.05, 3.63) is 30.0 Å². The SMILES string of the molecule is COc1ccc2ncc(N(C)C)c([C@@H](F)CCC3(CO)CCN(CCSC4CCCC4)CC3)c2c1. The third-order valence-corrected chi connectivity index (χ3v) is 9.50. The molecule has 7 heteroatoms. The van der Waals surface area contributed by atoms with E-state index in [4.69, 9.17) is 4.74 Å². The van der Waals surface area contributed by atoms with Crippen molar-refractivity contribution in [3.63, 3.8) is 0 Å². The summed E-state index contributed by atoms with van der Waals surface area (Å²) in [6.45, 7) is 3.27. The van der Waals surface area contributed by atoms with Crippen LogP contribution in [0.4, 0.5) is 10.1 Å². The van der Waals surface area contributed by atoms with Crippen molar-refractivity contribution in [1.29, 1.82) is 0 Å². The number of fused-ring (bicyclic) bond motifs is 1. The van der Waals surface area contributed by atoms with E-state index in [1.807, 2.05) is 37.2 Å². The number of nitrogens with zero attached hydrogens (tertiary/aromatic N) is 3. The van der Waals surface area contributed by atoms with E-state index in [-0.39, 0.29) is 12.0 Å². The number of pyridine rings is 1. The van der Waals surface area contributed by atoms with E-state index < -0.39 is 6.17 Å². The van der Waals surface area contributed by atoms with Gasteiger partial charge in [0.2, 0.25) is 0 Å². The van der Waals surface area contributed by atoms with Crippen LogP contribution in [0.1, 0.15) is 63.1 Å². The molecule has 2 aliphatic rings. The molecule has 0 amide bonds. The number of likely N-dealkylation sites (tertiary alicyclic amines) is 1. The number of rotatable bonds is 11. The van der Waals surface area contributed by atoms with Crippen molar-refractivity contribution in [2.24, 2.45) is 5.41 Å². The van der Waals surface area contributed by atoms with Crippen LogP contribution in [0.3, 0.4) is 0 Å². The minimum absolute atomic E-state index is 0.135. The van der Waals surface area contributed by atoms with Crippen molar-refractivity contribution >= 4 is 28.4 Å². The summed E-state index contributed by atoms with van der Waals surface area (Å²) in [7, 11) is 5.48. The number of hydrogen-bond acceptors (Lipinski definition) is 6. The highest BCUT2D eigenvalue weighted by Gasteiger charge is 2.35. The van der Waals surface area contributed by atoms with Crippen LogP contribution in [0.5, 0.6) is 5.75 Å². The maximum absolute atomic E-state index is 16.0. The molecule has 5 nitrogen and oxygen atoms in total. The van der Waals surface area contributed by atoms with E-state index in [1.165, 1.54) is 31.4 Å². The number of benzene rings is 1. The fourth-order valence-electron chi connectivity index (χ4n) is 5.71. The highest BCUT2D eigenvalue weighted by Crippen LogP contribution is 2.42. The lowest BCUT2D eigenvalue weighted by atomic mass is 9.74. The average Bonchev–Trinajstić information content (AvgIpc) is 3.40. The lowest BCUT2D eigenvalue weighted by molar-refractivity contribution is 0.0323. The summed E-state index contributed by atoms with van der Waals surface area (Å²) in [5, 5.41) is 12.0. The van der Waals surface area contributed by atoms with E-state index in [2.05, 4.69) is 21.6 Å². The summed E-state index contributed by atoms with van der Waals surface area (Å²) in [6, 6.07) is 5.64. The largest absolute Gasteiger partial charge is 0.497 e. The number of anilines is 1. The number of aromatic nitrogens is 1. The molecule has 1 aromatic carbocycles. The van der Waals surface area contributed by atoms with Crippen LogP contribution < -0.4 is 9.64 Å². The monoisotopic (exact) mass is 503 g/mol. The topological polar surface area (TPSA) is 48.8 Å². The zero-order valence-corrected chi connectivity index (χ0v) is 22.5. The van der Waals surface area contributed by atoms with E-state index in [9.17, 15) is 5.11 Å². The quantitative estimate of drug-likeness (QED) is 0.415. The molecule has 0 radical (unpaired) electrons. The fourth-order valence-corrected chi connectivity index (χ4v) is 7.08. The Hall–Kier alpha value is -1.57. The molecule has 1 atom stereocenters. The van der Waals surface area contributed by atoms with E-state index >= 15 is 4.39 Å². The Balaban J connectivity index is 1.39. The molecule has 0 unspecified atom stereocenters. The summed E-state index contributed by atoms with van der Waals surface area (Å²) in [5.74, 6) is 1.91. The third-order valence-electron chi connectivity index (χ3n) is 8.13. The van der Waals surface area contributed by atoms with Crippen molar-refractivity contribution < 1.29 is 14.2 Å². The number of aliphatic hydroxyl groups is 1. The van der Waals surface area contributed by atoms with Gasteiger partial charge in [0, 0.05) is 49.2 Å². The van der Waals surface area contributed by atoms with Crippen LogP contribution in [0.15, 0.2) is 24.4 Å². The van der Waals surface area contributed by atoms with Gasteiger partial charge < -0.3 is 19.6 Å². The number of alkyl halides is 1. The molecule has 194 valence electrons. The normalized spacial score (nSPS) is 19.8. The van der Waals surface area contributed by atoms with Gasteiger partial charge in [-0.15, -0.1) is 0 Å². The zero-order chi connectivity index (χ0) is 24.8. The first-order valence-corrected chi connectivity index (χ1v) is 14.2. The van der Waals surface area contributed by atoms with E-state index in [0.29, 0.717) is 24.2 Å². The second kappa shape index (κ2) is 12.1. The summed E-state index contributed by atoms with van der Waals surface area (Å²) >= 11 is 2.14. The smallest absolute Gasteiger partial charge is 0.128 e. The molecule has 1 aliphatic carbocycles.